The number of carboxylic acid groups (broad SMARTS) is 1. The molecule has 0 aliphatic heterocycles. The summed E-state index contributed by atoms with van der Waals surface area (Å²) in [7, 11) is 0. The number of hydrogen-bond acceptors (Lipinski definition) is 5. The maximum absolute atomic E-state index is 12.6. The van der Waals surface area contributed by atoms with Gasteiger partial charge in [-0.2, -0.15) is 4.39 Å². The Kier molecular flexibility index (Phi) is 3.17. The molecule has 0 saturated carbocycles. The molecule has 1 heterocycles. The van der Waals surface area contributed by atoms with Crippen LogP contribution in [0.5, 0.6) is 0 Å². The predicted octanol–water partition coefficient (Wildman–Crippen LogP) is -0.718. The fourth-order valence-corrected chi connectivity index (χ4v) is 0.961. The van der Waals surface area contributed by atoms with Crippen LogP contribution in [0, 0.1) is 5.95 Å². The third-order valence-electron chi connectivity index (χ3n) is 1.78. The topological polar surface area (TPSA) is 117 Å². The van der Waals surface area contributed by atoms with Gasteiger partial charge in [0.2, 0.25) is 5.95 Å². The lowest BCUT2D eigenvalue weighted by atomic mass is 10.1. The van der Waals surface area contributed by atoms with Crippen LogP contribution in [-0.4, -0.2) is 32.4 Å². The van der Waals surface area contributed by atoms with Gasteiger partial charge in [0.15, 0.2) is 6.10 Å². The summed E-state index contributed by atoms with van der Waals surface area (Å²) in [6.07, 6.45) is -2.79. The maximum Gasteiger partial charge on any atom is 0.335 e. The van der Waals surface area contributed by atoms with E-state index in [9.17, 15) is 14.3 Å². The Morgan fingerprint density at radius 3 is 2.60 bits per heavy atom. The summed E-state index contributed by atoms with van der Waals surface area (Å²) in [5, 5.41) is 26.7. The van der Waals surface area contributed by atoms with Gasteiger partial charge in [-0.3, -0.25) is 0 Å². The van der Waals surface area contributed by atoms with Crippen molar-refractivity contribution < 1.29 is 24.5 Å². The second-order valence-corrected chi connectivity index (χ2v) is 2.88. The van der Waals surface area contributed by atoms with Gasteiger partial charge in [0.25, 0.3) is 0 Å². The van der Waals surface area contributed by atoms with Gasteiger partial charge in [0.1, 0.15) is 6.10 Å². The van der Waals surface area contributed by atoms with E-state index in [4.69, 9.17) is 15.9 Å². The second kappa shape index (κ2) is 4.20. The number of aliphatic hydroxyl groups is 2. The average molecular weight is 216 g/mol. The molecule has 1 aromatic heterocycles. The zero-order chi connectivity index (χ0) is 11.6. The highest BCUT2D eigenvalue weighted by atomic mass is 19.1. The second-order valence-electron chi connectivity index (χ2n) is 2.88. The van der Waals surface area contributed by atoms with E-state index in [1.807, 2.05) is 0 Å². The van der Waals surface area contributed by atoms with Crippen molar-refractivity contribution in [3.8, 4) is 0 Å². The highest BCUT2D eigenvalue weighted by Gasteiger charge is 2.25. The van der Waals surface area contributed by atoms with Gasteiger partial charge < -0.3 is 21.1 Å². The van der Waals surface area contributed by atoms with E-state index in [0.717, 1.165) is 12.3 Å². The molecule has 0 aliphatic rings. The molecule has 0 amide bonds. The van der Waals surface area contributed by atoms with Gasteiger partial charge in [-0.1, -0.05) is 0 Å². The van der Waals surface area contributed by atoms with Crippen LogP contribution in [0.2, 0.25) is 0 Å². The number of halogens is 1. The smallest absolute Gasteiger partial charge is 0.335 e. The average Bonchev–Trinajstić information content (AvgIpc) is 2.19. The van der Waals surface area contributed by atoms with Crippen molar-refractivity contribution in [1.82, 2.24) is 4.98 Å². The van der Waals surface area contributed by atoms with E-state index < -0.39 is 24.1 Å². The van der Waals surface area contributed by atoms with Gasteiger partial charge >= 0.3 is 5.97 Å². The van der Waals surface area contributed by atoms with E-state index in [-0.39, 0.29) is 11.3 Å². The Balaban J connectivity index is 2.96. The molecule has 0 aromatic carbocycles. The van der Waals surface area contributed by atoms with Crippen LogP contribution < -0.4 is 5.73 Å². The van der Waals surface area contributed by atoms with E-state index >= 15 is 0 Å². The van der Waals surface area contributed by atoms with E-state index in [1.54, 1.807) is 0 Å². The van der Waals surface area contributed by atoms with Crippen molar-refractivity contribution in [1.29, 1.82) is 0 Å². The van der Waals surface area contributed by atoms with Crippen molar-refractivity contribution in [3.05, 3.63) is 23.8 Å². The molecule has 82 valence electrons. The van der Waals surface area contributed by atoms with Crippen LogP contribution >= 0.6 is 0 Å². The number of rotatable bonds is 3. The van der Waals surface area contributed by atoms with Crippen molar-refractivity contribution >= 4 is 11.7 Å². The van der Waals surface area contributed by atoms with Gasteiger partial charge in [0.05, 0.1) is 5.69 Å². The highest BCUT2D eigenvalue weighted by molar-refractivity contribution is 5.73. The molecule has 0 spiro atoms. The fourth-order valence-electron chi connectivity index (χ4n) is 0.961. The number of aliphatic carboxylic acids is 1. The number of pyridine rings is 1. The third kappa shape index (κ3) is 2.39. The number of hydrogen-bond donors (Lipinski definition) is 4. The van der Waals surface area contributed by atoms with Crippen molar-refractivity contribution in [2.45, 2.75) is 12.2 Å². The summed E-state index contributed by atoms with van der Waals surface area (Å²) >= 11 is 0. The molecule has 5 N–H and O–H groups in total. The molecule has 0 fully saturated rings. The van der Waals surface area contributed by atoms with E-state index in [2.05, 4.69) is 4.98 Å². The number of nitrogens with zero attached hydrogens (tertiary/aromatic N) is 1. The third-order valence-corrected chi connectivity index (χ3v) is 1.78. The molecule has 7 heteroatoms. The first-order valence-corrected chi connectivity index (χ1v) is 3.93. The normalized spacial score (nSPS) is 14.6. The van der Waals surface area contributed by atoms with E-state index in [1.165, 1.54) is 0 Å². The molecule has 1 rings (SSSR count). The Bertz CT molecular complexity index is 385. The van der Waals surface area contributed by atoms with Crippen LogP contribution in [0.25, 0.3) is 0 Å². The summed E-state index contributed by atoms with van der Waals surface area (Å²) in [5.41, 5.74) is 4.76. The molecule has 0 aliphatic carbocycles. The van der Waals surface area contributed by atoms with Crippen LogP contribution in [0.1, 0.15) is 11.7 Å². The molecular formula is C8H9FN2O4. The number of anilines is 1. The summed E-state index contributed by atoms with van der Waals surface area (Å²) < 4.78 is 12.6. The zero-order valence-electron chi connectivity index (χ0n) is 7.46. The minimum atomic E-state index is -2.00. The van der Waals surface area contributed by atoms with Crippen LogP contribution in [0.3, 0.4) is 0 Å². The monoisotopic (exact) mass is 216 g/mol. The number of carbonyl (C=O) groups is 1. The quantitative estimate of drug-likeness (QED) is 0.495. The number of nitrogens with two attached hydrogens (primary N) is 1. The van der Waals surface area contributed by atoms with Crippen molar-refractivity contribution in [2.75, 3.05) is 5.73 Å². The van der Waals surface area contributed by atoms with Crippen molar-refractivity contribution in [2.24, 2.45) is 0 Å². The number of carboxylic acids is 1. The SMILES string of the molecule is Nc1cc(C(O)C(O)C(=O)O)cnc1F. The molecule has 2 unspecified atom stereocenters. The van der Waals surface area contributed by atoms with E-state index in [0.29, 0.717) is 0 Å². The standard InChI is InChI=1S/C8H9FN2O4/c9-7-4(10)1-3(2-11-7)5(12)6(13)8(14)15/h1-2,5-6,12-13H,10H2,(H,14,15). The Morgan fingerprint density at radius 2 is 2.13 bits per heavy atom. The molecular weight excluding hydrogens is 207 g/mol. The Labute approximate surface area is 83.8 Å². The minimum Gasteiger partial charge on any atom is -0.479 e. The number of nitrogen functional groups attached to an aromatic ring is 1. The summed E-state index contributed by atoms with van der Waals surface area (Å²) in [6.45, 7) is 0. The molecule has 2 atom stereocenters. The lowest BCUT2D eigenvalue weighted by molar-refractivity contribution is -0.153. The minimum absolute atomic E-state index is 0.0659. The lowest BCUT2D eigenvalue weighted by Gasteiger charge is -2.14. The first-order chi connectivity index (χ1) is 6.93. The zero-order valence-corrected chi connectivity index (χ0v) is 7.46. The van der Waals surface area contributed by atoms with Crippen LogP contribution in [0.15, 0.2) is 12.3 Å². The Morgan fingerprint density at radius 1 is 1.53 bits per heavy atom. The van der Waals surface area contributed by atoms with Gasteiger partial charge in [-0.15, -0.1) is 0 Å². The summed E-state index contributed by atoms with van der Waals surface area (Å²) in [6, 6.07) is 1.01. The fraction of sp³-hybridized carbons (Fsp3) is 0.250. The summed E-state index contributed by atoms with van der Waals surface area (Å²) in [5.74, 6) is -2.51. The predicted molar refractivity (Wildman–Crippen MR) is 47.2 cm³/mol. The molecule has 0 saturated heterocycles. The maximum atomic E-state index is 12.6. The molecule has 15 heavy (non-hydrogen) atoms. The Hall–Kier alpha value is -1.73. The van der Waals surface area contributed by atoms with Crippen molar-refractivity contribution in [3.63, 3.8) is 0 Å². The molecule has 0 bridgehead atoms. The first-order valence-electron chi connectivity index (χ1n) is 3.93. The first kappa shape index (κ1) is 11.3. The highest BCUT2D eigenvalue weighted by Crippen LogP contribution is 2.19. The number of aromatic nitrogens is 1. The summed E-state index contributed by atoms with van der Waals surface area (Å²) in [4.78, 5) is 13.5. The molecule has 0 radical (unpaired) electrons. The number of aliphatic hydroxyl groups excluding tert-OH is 2. The largest absolute Gasteiger partial charge is 0.479 e. The molecule has 1 aromatic rings. The van der Waals surface area contributed by atoms with Crippen LogP contribution in [-0.2, 0) is 4.79 Å². The lowest BCUT2D eigenvalue weighted by Crippen LogP contribution is -2.27. The van der Waals surface area contributed by atoms with Gasteiger partial charge in [-0.05, 0) is 6.07 Å². The van der Waals surface area contributed by atoms with Gasteiger partial charge in [-0.25, -0.2) is 9.78 Å². The molecule has 6 nitrogen and oxygen atoms in total. The van der Waals surface area contributed by atoms with Gasteiger partial charge in [0, 0.05) is 11.8 Å². The van der Waals surface area contributed by atoms with Crippen LogP contribution in [0.4, 0.5) is 10.1 Å².